The average Bonchev–Trinajstić information content (AvgIpc) is 3.25. The molecule has 0 unspecified atom stereocenters. The number of nitrogens with zero attached hydrogens (tertiary/aromatic N) is 5. The van der Waals surface area contributed by atoms with Crippen LogP contribution in [0.15, 0.2) is 43.1 Å². The summed E-state index contributed by atoms with van der Waals surface area (Å²) < 4.78 is 3.42. The van der Waals surface area contributed by atoms with Crippen molar-refractivity contribution in [3.8, 4) is 11.3 Å². The maximum Gasteiger partial charge on any atom is 0.274 e. The van der Waals surface area contributed by atoms with Gasteiger partial charge in [0.25, 0.3) is 11.8 Å². The van der Waals surface area contributed by atoms with Crippen LogP contribution in [0.1, 0.15) is 71.8 Å². The first kappa shape index (κ1) is 20.6. The first-order valence-electron chi connectivity index (χ1n) is 11.8. The molecule has 0 aromatic carbocycles. The minimum absolute atomic E-state index is 0.201. The second-order valence-electron chi connectivity index (χ2n) is 9.10. The van der Waals surface area contributed by atoms with Crippen molar-refractivity contribution in [3.05, 3.63) is 54.4 Å². The molecule has 0 saturated heterocycles. The van der Waals surface area contributed by atoms with Crippen LogP contribution < -0.4 is 10.6 Å². The first-order valence-corrected chi connectivity index (χ1v) is 11.8. The van der Waals surface area contributed by atoms with Gasteiger partial charge in [0, 0.05) is 36.4 Å². The second-order valence-corrected chi connectivity index (χ2v) is 9.10. The van der Waals surface area contributed by atoms with E-state index in [2.05, 4.69) is 30.8 Å². The molecule has 10 heteroatoms. The lowest BCUT2D eigenvalue weighted by Crippen LogP contribution is -2.27. The van der Waals surface area contributed by atoms with Crippen molar-refractivity contribution < 1.29 is 9.59 Å². The van der Waals surface area contributed by atoms with E-state index in [1.54, 1.807) is 16.9 Å². The fourth-order valence-electron chi connectivity index (χ4n) is 4.53. The van der Waals surface area contributed by atoms with E-state index in [-0.39, 0.29) is 29.6 Å². The van der Waals surface area contributed by atoms with Crippen molar-refractivity contribution in [2.75, 3.05) is 5.32 Å². The lowest BCUT2D eigenvalue weighted by atomic mass is 9.96. The van der Waals surface area contributed by atoms with Crippen LogP contribution in [0.25, 0.3) is 16.9 Å². The van der Waals surface area contributed by atoms with Gasteiger partial charge in [-0.15, -0.1) is 0 Å². The maximum atomic E-state index is 13.3. The second kappa shape index (κ2) is 8.44. The predicted molar refractivity (Wildman–Crippen MR) is 126 cm³/mol. The van der Waals surface area contributed by atoms with Crippen LogP contribution in [-0.4, -0.2) is 47.2 Å². The Hall–Kier alpha value is -3.95. The van der Waals surface area contributed by atoms with Crippen molar-refractivity contribution in [1.82, 2.24) is 34.7 Å². The molecule has 6 rings (SSSR count). The Labute approximate surface area is 195 Å². The Morgan fingerprint density at radius 1 is 1.06 bits per heavy atom. The Morgan fingerprint density at radius 2 is 1.91 bits per heavy atom. The molecule has 0 bridgehead atoms. The number of aromatic nitrogens is 6. The van der Waals surface area contributed by atoms with E-state index in [0.29, 0.717) is 16.9 Å². The van der Waals surface area contributed by atoms with E-state index < -0.39 is 0 Å². The van der Waals surface area contributed by atoms with Gasteiger partial charge < -0.3 is 15.6 Å². The van der Waals surface area contributed by atoms with Gasteiger partial charge in [0.1, 0.15) is 5.56 Å². The zero-order valence-corrected chi connectivity index (χ0v) is 18.7. The number of aromatic amines is 1. The first-order chi connectivity index (χ1) is 16.7. The third-order valence-corrected chi connectivity index (χ3v) is 6.56. The van der Waals surface area contributed by atoms with Gasteiger partial charge in [-0.2, -0.15) is 10.2 Å². The third kappa shape index (κ3) is 3.95. The van der Waals surface area contributed by atoms with Crippen molar-refractivity contribution in [1.29, 1.82) is 0 Å². The highest BCUT2D eigenvalue weighted by Gasteiger charge is 2.29. The molecule has 4 heterocycles. The summed E-state index contributed by atoms with van der Waals surface area (Å²) in [6.45, 7) is 0. The van der Waals surface area contributed by atoms with E-state index in [1.807, 2.05) is 29.2 Å². The van der Waals surface area contributed by atoms with E-state index in [1.165, 1.54) is 12.6 Å². The van der Waals surface area contributed by atoms with Crippen LogP contribution in [0.4, 0.5) is 5.69 Å². The highest BCUT2D eigenvalue weighted by molar-refractivity contribution is 6.11. The van der Waals surface area contributed by atoms with Gasteiger partial charge in [0.2, 0.25) is 0 Å². The Balaban J connectivity index is 1.31. The van der Waals surface area contributed by atoms with Crippen LogP contribution in [0.2, 0.25) is 0 Å². The zero-order valence-electron chi connectivity index (χ0n) is 18.7. The van der Waals surface area contributed by atoms with Gasteiger partial charge >= 0.3 is 0 Å². The fraction of sp³-hybridized carbons (Fsp3) is 0.375. The van der Waals surface area contributed by atoms with E-state index in [9.17, 15) is 9.59 Å². The average molecular weight is 459 g/mol. The number of rotatable bonds is 6. The number of carbonyl (C=O) groups is 2. The monoisotopic (exact) mass is 458 g/mol. The number of amides is 2. The molecule has 0 aliphatic heterocycles. The molecule has 3 N–H and O–H groups in total. The van der Waals surface area contributed by atoms with Gasteiger partial charge in [0.15, 0.2) is 11.3 Å². The summed E-state index contributed by atoms with van der Waals surface area (Å²) in [7, 11) is 0. The number of anilines is 1. The molecule has 0 spiro atoms. The number of fused-ring (bicyclic) bond motifs is 1. The quantitative estimate of drug-likeness (QED) is 0.408. The minimum atomic E-state index is -0.377. The molecular formula is C24H26N8O2. The van der Waals surface area contributed by atoms with E-state index in [4.69, 9.17) is 0 Å². The maximum absolute atomic E-state index is 13.3. The Bertz CT molecular complexity index is 1340. The lowest BCUT2D eigenvalue weighted by Gasteiger charge is -2.21. The molecule has 0 atom stereocenters. The molecule has 10 nitrogen and oxygen atoms in total. The SMILES string of the molecule is O=C(NC1CC1)c1nn(C2CCCCC2)cc1NC(=O)c1cnn2ccc(-c3cc[nH]c3)nc12. The van der Waals surface area contributed by atoms with Gasteiger partial charge in [-0.3, -0.25) is 14.3 Å². The molecule has 2 aliphatic rings. The number of H-pyrrole nitrogens is 1. The number of nitrogens with one attached hydrogen (secondary N) is 3. The van der Waals surface area contributed by atoms with Crippen LogP contribution >= 0.6 is 0 Å². The normalized spacial score (nSPS) is 16.6. The molecule has 4 aromatic rings. The summed E-state index contributed by atoms with van der Waals surface area (Å²) in [6.07, 6.45) is 16.3. The van der Waals surface area contributed by atoms with Crippen LogP contribution in [-0.2, 0) is 0 Å². The molecule has 0 radical (unpaired) electrons. The molecule has 2 aliphatic carbocycles. The van der Waals surface area contributed by atoms with Crippen LogP contribution in [0.3, 0.4) is 0 Å². The van der Waals surface area contributed by atoms with Crippen LogP contribution in [0.5, 0.6) is 0 Å². The molecule has 2 fully saturated rings. The molecule has 34 heavy (non-hydrogen) atoms. The standard InChI is InChI=1S/C24H26N8O2/c33-23(18-13-26-31-11-9-19(28-22(18)31)15-8-10-25-12-15)29-20-14-32(17-4-2-1-3-5-17)30-21(20)24(34)27-16-6-7-16/h8-14,16-17,25H,1-7H2,(H,27,34)(H,29,33). The number of hydrogen-bond acceptors (Lipinski definition) is 5. The van der Waals surface area contributed by atoms with Gasteiger partial charge in [-0.1, -0.05) is 19.3 Å². The van der Waals surface area contributed by atoms with Gasteiger partial charge in [-0.25, -0.2) is 9.50 Å². The Kier molecular flexibility index (Phi) is 5.12. The topological polar surface area (TPSA) is 122 Å². The number of carbonyl (C=O) groups excluding carboxylic acids is 2. The minimum Gasteiger partial charge on any atom is -0.367 e. The van der Waals surface area contributed by atoms with E-state index in [0.717, 1.165) is 49.8 Å². The third-order valence-electron chi connectivity index (χ3n) is 6.56. The lowest BCUT2D eigenvalue weighted by molar-refractivity contribution is 0.0945. The molecule has 2 saturated carbocycles. The van der Waals surface area contributed by atoms with Crippen molar-refractivity contribution in [2.24, 2.45) is 0 Å². The van der Waals surface area contributed by atoms with Crippen molar-refractivity contribution in [3.63, 3.8) is 0 Å². The fourth-order valence-corrected chi connectivity index (χ4v) is 4.53. The Morgan fingerprint density at radius 3 is 2.68 bits per heavy atom. The summed E-state index contributed by atoms with van der Waals surface area (Å²) in [5.41, 5.74) is 3.09. The van der Waals surface area contributed by atoms with Gasteiger partial charge in [-0.05, 0) is 37.8 Å². The van der Waals surface area contributed by atoms with Crippen molar-refractivity contribution >= 4 is 23.1 Å². The summed E-state index contributed by atoms with van der Waals surface area (Å²) in [5, 5.41) is 14.8. The number of hydrogen-bond donors (Lipinski definition) is 3. The van der Waals surface area contributed by atoms with Crippen molar-refractivity contribution in [2.45, 2.75) is 57.0 Å². The highest BCUT2D eigenvalue weighted by atomic mass is 16.2. The predicted octanol–water partition coefficient (Wildman–Crippen LogP) is 3.57. The largest absolute Gasteiger partial charge is 0.367 e. The zero-order chi connectivity index (χ0) is 23.1. The molecule has 2 amide bonds. The van der Waals surface area contributed by atoms with Gasteiger partial charge in [0.05, 0.1) is 23.6 Å². The van der Waals surface area contributed by atoms with E-state index >= 15 is 0 Å². The highest BCUT2D eigenvalue weighted by Crippen LogP contribution is 2.30. The summed E-state index contributed by atoms with van der Waals surface area (Å²) in [4.78, 5) is 33.9. The summed E-state index contributed by atoms with van der Waals surface area (Å²) in [6, 6.07) is 4.21. The molecule has 4 aromatic heterocycles. The smallest absolute Gasteiger partial charge is 0.274 e. The van der Waals surface area contributed by atoms with Crippen LogP contribution in [0, 0.1) is 0 Å². The molecule has 174 valence electrons. The summed E-state index contributed by atoms with van der Waals surface area (Å²) in [5.74, 6) is -0.627. The summed E-state index contributed by atoms with van der Waals surface area (Å²) >= 11 is 0. The molecular weight excluding hydrogens is 432 g/mol.